The minimum Gasteiger partial charge on any atom is -0.376 e. The van der Waals surface area contributed by atoms with Crippen LogP contribution in [0.4, 0.5) is 4.39 Å². The van der Waals surface area contributed by atoms with Crippen LogP contribution in [-0.2, 0) is 4.74 Å². The predicted molar refractivity (Wildman–Crippen MR) is 116 cm³/mol. The Hall–Kier alpha value is -1.41. The zero-order valence-electron chi connectivity index (χ0n) is 17.4. The summed E-state index contributed by atoms with van der Waals surface area (Å²) in [6.45, 7) is 9.53. The Labute approximate surface area is 178 Å². The molecule has 2 saturated heterocycles. The topological polar surface area (TPSA) is 66.1 Å². The molecule has 6 nitrogen and oxygen atoms in total. The van der Waals surface area contributed by atoms with E-state index in [1.807, 2.05) is 6.92 Å². The molecule has 0 amide bonds. The van der Waals surface area contributed by atoms with Crippen molar-refractivity contribution in [3.05, 3.63) is 34.6 Å². The zero-order valence-corrected chi connectivity index (χ0v) is 18.2. The van der Waals surface area contributed by atoms with Gasteiger partial charge in [-0.3, -0.25) is 14.8 Å². The molecular formula is C21H33ClFN5O. The summed E-state index contributed by atoms with van der Waals surface area (Å²) >= 11 is 6.38. The van der Waals surface area contributed by atoms with E-state index in [0.29, 0.717) is 48.8 Å². The number of ether oxygens (including phenoxy) is 1. The number of rotatable bonds is 7. The second-order valence-corrected chi connectivity index (χ2v) is 8.27. The lowest BCUT2D eigenvalue weighted by molar-refractivity contribution is -0.0336. The average molecular weight is 426 g/mol. The largest absolute Gasteiger partial charge is 0.376 e. The molecule has 0 aliphatic carbocycles. The Bertz CT molecular complexity index is 683. The summed E-state index contributed by atoms with van der Waals surface area (Å²) in [4.78, 5) is 9.19. The maximum atomic E-state index is 14.7. The number of nitrogens with zero attached hydrogens (tertiary/aromatic N) is 3. The first kappa shape index (κ1) is 22.3. The lowest BCUT2D eigenvalue weighted by atomic mass is 10.0. The molecule has 2 aliphatic rings. The lowest BCUT2D eigenvalue weighted by Gasteiger charge is -2.37. The SMILES string of the molecule is CCN1CCCC1CNC(N)=NCC(c1c(F)cccc1Cl)N1CCOC(C)C1. The van der Waals surface area contributed by atoms with Crippen molar-refractivity contribution < 1.29 is 9.13 Å². The number of likely N-dealkylation sites (N-methyl/N-ethyl adjacent to an activating group) is 1. The Balaban J connectivity index is 1.70. The molecule has 162 valence electrons. The first-order valence-electron chi connectivity index (χ1n) is 10.6. The molecule has 3 N–H and O–H groups in total. The third-order valence-electron chi connectivity index (χ3n) is 5.90. The van der Waals surface area contributed by atoms with Gasteiger partial charge in [-0.15, -0.1) is 0 Å². The number of nitrogens with one attached hydrogen (secondary N) is 1. The highest BCUT2D eigenvalue weighted by Crippen LogP contribution is 2.31. The van der Waals surface area contributed by atoms with Gasteiger partial charge in [-0.25, -0.2) is 4.39 Å². The molecule has 2 heterocycles. The van der Waals surface area contributed by atoms with E-state index in [9.17, 15) is 4.39 Å². The van der Waals surface area contributed by atoms with Gasteiger partial charge >= 0.3 is 0 Å². The minimum absolute atomic E-state index is 0.0821. The number of nitrogens with two attached hydrogens (primary N) is 1. The molecule has 0 saturated carbocycles. The van der Waals surface area contributed by atoms with Crippen LogP contribution in [0.3, 0.4) is 0 Å². The molecule has 3 atom stereocenters. The summed E-state index contributed by atoms with van der Waals surface area (Å²) in [5.74, 6) is 0.0830. The summed E-state index contributed by atoms with van der Waals surface area (Å²) in [7, 11) is 0. The highest BCUT2D eigenvalue weighted by Gasteiger charge is 2.29. The number of benzene rings is 1. The minimum atomic E-state index is -0.312. The fraction of sp³-hybridized carbons (Fsp3) is 0.667. The van der Waals surface area contributed by atoms with Crippen molar-refractivity contribution in [1.29, 1.82) is 0 Å². The van der Waals surface area contributed by atoms with Crippen molar-refractivity contribution in [2.75, 3.05) is 45.9 Å². The van der Waals surface area contributed by atoms with E-state index in [1.54, 1.807) is 12.1 Å². The van der Waals surface area contributed by atoms with Crippen LogP contribution >= 0.6 is 11.6 Å². The first-order chi connectivity index (χ1) is 14.0. The number of guanidine groups is 1. The van der Waals surface area contributed by atoms with E-state index in [-0.39, 0.29) is 18.0 Å². The van der Waals surface area contributed by atoms with Gasteiger partial charge in [-0.05, 0) is 45.0 Å². The van der Waals surface area contributed by atoms with Crippen LogP contribution in [0, 0.1) is 5.82 Å². The zero-order chi connectivity index (χ0) is 20.8. The smallest absolute Gasteiger partial charge is 0.188 e. The van der Waals surface area contributed by atoms with Crippen molar-refractivity contribution in [2.45, 2.75) is 44.9 Å². The van der Waals surface area contributed by atoms with Crippen LogP contribution in [0.1, 0.15) is 38.3 Å². The van der Waals surface area contributed by atoms with E-state index in [0.717, 1.165) is 19.6 Å². The molecule has 2 fully saturated rings. The van der Waals surface area contributed by atoms with Crippen LogP contribution < -0.4 is 11.1 Å². The normalized spacial score (nSPS) is 25.3. The number of morpholine rings is 1. The standard InChI is InChI=1S/C21H33ClFN5O/c1-3-27-9-5-6-16(27)12-25-21(24)26-13-19(28-10-11-29-15(2)14-28)20-17(22)7-4-8-18(20)23/h4,7-8,15-16,19H,3,5-6,9-14H2,1-2H3,(H3,24,25,26). The summed E-state index contributed by atoms with van der Waals surface area (Å²) in [6, 6.07) is 5.00. The number of aliphatic imine (C=N–C) groups is 1. The Morgan fingerprint density at radius 1 is 1.45 bits per heavy atom. The van der Waals surface area contributed by atoms with E-state index in [1.165, 1.54) is 18.9 Å². The highest BCUT2D eigenvalue weighted by molar-refractivity contribution is 6.31. The van der Waals surface area contributed by atoms with Crippen molar-refractivity contribution >= 4 is 17.6 Å². The van der Waals surface area contributed by atoms with E-state index in [2.05, 4.69) is 27.0 Å². The van der Waals surface area contributed by atoms with Crippen LogP contribution in [0.2, 0.25) is 5.02 Å². The Kier molecular flexibility index (Phi) is 8.12. The molecule has 3 rings (SSSR count). The Morgan fingerprint density at radius 2 is 2.28 bits per heavy atom. The maximum Gasteiger partial charge on any atom is 0.188 e. The van der Waals surface area contributed by atoms with Crippen LogP contribution in [0.15, 0.2) is 23.2 Å². The number of hydrogen-bond acceptors (Lipinski definition) is 4. The van der Waals surface area contributed by atoms with Crippen LogP contribution in [0.5, 0.6) is 0 Å². The molecule has 8 heteroatoms. The fourth-order valence-corrected chi connectivity index (χ4v) is 4.64. The number of halogens is 2. The monoisotopic (exact) mass is 425 g/mol. The molecule has 1 aromatic rings. The second-order valence-electron chi connectivity index (χ2n) is 7.86. The van der Waals surface area contributed by atoms with Crippen molar-refractivity contribution in [3.8, 4) is 0 Å². The lowest BCUT2D eigenvalue weighted by Crippen LogP contribution is -2.45. The molecule has 0 radical (unpaired) electrons. The molecule has 3 unspecified atom stereocenters. The number of likely N-dealkylation sites (tertiary alicyclic amines) is 1. The average Bonchev–Trinajstić information content (AvgIpc) is 3.16. The summed E-state index contributed by atoms with van der Waals surface area (Å²) in [6.07, 6.45) is 2.48. The van der Waals surface area contributed by atoms with E-state index in [4.69, 9.17) is 22.1 Å². The summed E-state index contributed by atoms with van der Waals surface area (Å²) in [5.41, 5.74) is 6.63. The molecule has 2 aliphatic heterocycles. The molecule has 0 aromatic heterocycles. The van der Waals surface area contributed by atoms with Gasteiger partial charge in [-0.1, -0.05) is 24.6 Å². The Morgan fingerprint density at radius 3 is 3.00 bits per heavy atom. The quantitative estimate of drug-likeness (QED) is 0.519. The summed E-state index contributed by atoms with van der Waals surface area (Å²) in [5, 5.41) is 3.67. The van der Waals surface area contributed by atoms with Crippen LogP contribution in [0.25, 0.3) is 0 Å². The van der Waals surface area contributed by atoms with Gasteiger partial charge < -0.3 is 15.8 Å². The van der Waals surface area contributed by atoms with Gasteiger partial charge in [0.2, 0.25) is 0 Å². The molecule has 0 bridgehead atoms. The van der Waals surface area contributed by atoms with Crippen molar-refractivity contribution in [2.24, 2.45) is 10.7 Å². The maximum absolute atomic E-state index is 14.7. The number of hydrogen-bond donors (Lipinski definition) is 2. The third-order valence-corrected chi connectivity index (χ3v) is 6.23. The molecule has 29 heavy (non-hydrogen) atoms. The first-order valence-corrected chi connectivity index (χ1v) is 10.9. The van der Waals surface area contributed by atoms with Gasteiger partial charge in [-0.2, -0.15) is 0 Å². The van der Waals surface area contributed by atoms with Crippen molar-refractivity contribution in [3.63, 3.8) is 0 Å². The van der Waals surface area contributed by atoms with Crippen molar-refractivity contribution in [1.82, 2.24) is 15.1 Å². The second kappa shape index (κ2) is 10.6. The van der Waals surface area contributed by atoms with Gasteiger partial charge in [0.25, 0.3) is 0 Å². The highest BCUT2D eigenvalue weighted by atomic mass is 35.5. The molecule has 1 aromatic carbocycles. The van der Waals surface area contributed by atoms with E-state index < -0.39 is 0 Å². The van der Waals surface area contributed by atoms with Gasteiger partial charge in [0.05, 0.1) is 25.3 Å². The fourth-order valence-electron chi connectivity index (χ4n) is 4.35. The molecular weight excluding hydrogens is 393 g/mol. The third kappa shape index (κ3) is 5.81. The van der Waals surface area contributed by atoms with E-state index >= 15 is 0 Å². The predicted octanol–water partition coefficient (Wildman–Crippen LogP) is 2.63. The van der Waals surface area contributed by atoms with Gasteiger partial charge in [0, 0.05) is 36.3 Å². The van der Waals surface area contributed by atoms with Gasteiger partial charge in [0.1, 0.15) is 5.82 Å². The van der Waals surface area contributed by atoms with Gasteiger partial charge in [0.15, 0.2) is 5.96 Å². The van der Waals surface area contributed by atoms with Crippen LogP contribution in [-0.4, -0.2) is 73.8 Å². The molecule has 0 spiro atoms. The summed E-state index contributed by atoms with van der Waals surface area (Å²) < 4.78 is 20.3.